The van der Waals surface area contributed by atoms with Crippen LogP contribution in [0, 0.1) is 12.3 Å². The van der Waals surface area contributed by atoms with Crippen LogP contribution in [0.3, 0.4) is 0 Å². The fraction of sp³-hybridized carbons (Fsp3) is 0.444. The van der Waals surface area contributed by atoms with Gasteiger partial charge in [0, 0.05) is 11.6 Å². The van der Waals surface area contributed by atoms with Crippen LogP contribution in [0.1, 0.15) is 6.42 Å². The van der Waals surface area contributed by atoms with Gasteiger partial charge in [0.05, 0.1) is 8.07 Å². The van der Waals surface area contributed by atoms with E-state index in [0.717, 1.165) is 0 Å². The molecule has 66 valence electrons. The average molecular weight is 182 g/mol. The van der Waals surface area contributed by atoms with E-state index in [9.17, 15) is 4.79 Å². The lowest BCUT2D eigenvalue weighted by atomic mass is 10.4. The number of aliphatic carboxylic acids is 1. The van der Waals surface area contributed by atoms with E-state index in [4.69, 9.17) is 11.5 Å². The molecule has 0 fully saturated rings. The molecule has 0 spiro atoms. The van der Waals surface area contributed by atoms with Gasteiger partial charge in [0.15, 0.2) is 0 Å². The predicted molar refractivity (Wildman–Crippen MR) is 52.5 cm³/mol. The number of hydrogen-bond acceptors (Lipinski definition) is 1. The highest BCUT2D eigenvalue weighted by Gasteiger charge is 2.24. The molecule has 0 rings (SSSR count). The minimum atomic E-state index is -1.72. The summed E-state index contributed by atoms with van der Waals surface area (Å²) in [6.07, 6.45) is 7.10. The Morgan fingerprint density at radius 2 is 2.08 bits per heavy atom. The summed E-state index contributed by atoms with van der Waals surface area (Å²) >= 11 is 0. The lowest BCUT2D eigenvalue weighted by Crippen LogP contribution is -2.29. The number of carbonyl (C=O) groups is 1. The van der Waals surface area contributed by atoms with E-state index in [-0.39, 0.29) is 0 Å². The molecule has 0 aromatic rings. The first-order chi connectivity index (χ1) is 5.39. The van der Waals surface area contributed by atoms with E-state index < -0.39 is 14.0 Å². The maximum Gasteiger partial charge on any atom is 0.327 e. The molecular weight excluding hydrogens is 168 g/mol. The lowest BCUT2D eigenvalue weighted by molar-refractivity contribution is -0.132. The Hall–Kier alpha value is -1.01. The summed E-state index contributed by atoms with van der Waals surface area (Å²) in [5.74, 6) is 1.58. The molecule has 0 saturated carbocycles. The Morgan fingerprint density at radius 3 is 2.33 bits per heavy atom. The minimum Gasteiger partial charge on any atom is -0.478 e. The molecular formula is C9H14O2Si. The van der Waals surface area contributed by atoms with Gasteiger partial charge in [-0.15, -0.1) is 12.3 Å². The third-order valence-corrected chi connectivity index (χ3v) is 3.50. The zero-order chi connectivity index (χ0) is 9.78. The molecule has 2 nitrogen and oxygen atoms in total. The highest BCUT2D eigenvalue weighted by Crippen LogP contribution is 2.14. The Balaban J connectivity index is 4.70. The molecule has 0 amide bonds. The quantitative estimate of drug-likeness (QED) is 0.411. The van der Waals surface area contributed by atoms with Gasteiger partial charge in [-0.25, -0.2) is 4.79 Å². The summed E-state index contributed by atoms with van der Waals surface area (Å²) in [6, 6.07) is 0. The first kappa shape index (κ1) is 11.0. The third-order valence-electron chi connectivity index (χ3n) is 1.46. The first-order valence-corrected chi connectivity index (χ1v) is 7.27. The van der Waals surface area contributed by atoms with Gasteiger partial charge in [0.25, 0.3) is 0 Å². The lowest BCUT2D eigenvalue weighted by Gasteiger charge is -2.16. The molecule has 0 aliphatic rings. The topological polar surface area (TPSA) is 37.3 Å². The summed E-state index contributed by atoms with van der Waals surface area (Å²) in [5, 5.41) is 9.35. The minimum absolute atomic E-state index is 0.409. The van der Waals surface area contributed by atoms with E-state index in [0.29, 0.717) is 11.6 Å². The molecule has 0 bridgehead atoms. The number of carboxylic acids is 1. The zero-order valence-corrected chi connectivity index (χ0v) is 8.72. The van der Waals surface area contributed by atoms with Gasteiger partial charge < -0.3 is 5.11 Å². The van der Waals surface area contributed by atoms with E-state index in [1.165, 1.54) is 0 Å². The summed E-state index contributed by atoms with van der Waals surface area (Å²) in [6.45, 7) is 5.97. The van der Waals surface area contributed by atoms with Crippen molar-refractivity contribution in [3.63, 3.8) is 0 Å². The van der Waals surface area contributed by atoms with Crippen molar-refractivity contribution in [2.75, 3.05) is 0 Å². The summed E-state index contributed by atoms with van der Waals surface area (Å²) < 4.78 is 0. The van der Waals surface area contributed by atoms with Crippen LogP contribution in [0.2, 0.25) is 19.6 Å². The Morgan fingerprint density at radius 1 is 1.58 bits per heavy atom. The smallest absolute Gasteiger partial charge is 0.327 e. The van der Waals surface area contributed by atoms with E-state index in [1.54, 1.807) is 6.08 Å². The molecule has 0 aromatic heterocycles. The van der Waals surface area contributed by atoms with Gasteiger partial charge in [-0.1, -0.05) is 25.7 Å². The predicted octanol–water partition coefficient (Wildman–Crippen LogP) is 1.90. The molecule has 0 saturated heterocycles. The monoisotopic (exact) mass is 182 g/mol. The number of hydrogen-bond donors (Lipinski definition) is 1. The second-order valence-corrected chi connectivity index (χ2v) is 8.62. The van der Waals surface area contributed by atoms with Crippen LogP contribution in [0.15, 0.2) is 11.3 Å². The number of terminal acetylenes is 1. The molecule has 12 heavy (non-hydrogen) atoms. The summed E-state index contributed by atoms with van der Waals surface area (Å²) in [4.78, 5) is 10.7. The van der Waals surface area contributed by atoms with E-state index in [1.807, 2.05) is 19.6 Å². The van der Waals surface area contributed by atoms with Gasteiger partial charge >= 0.3 is 5.97 Å². The fourth-order valence-corrected chi connectivity index (χ4v) is 2.23. The molecule has 0 heterocycles. The maximum absolute atomic E-state index is 10.7. The summed E-state index contributed by atoms with van der Waals surface area (Å²) in [5.41, 5.74) is 0. The van der Waals surface area contributed by atoms with E-state index >= 15 is 0 Å². The van der Waals surface area contributed by atoms with Crippen molar-refractivity contribution in [2.24, 2.45) is 0 Å². The van der Waals surface area contributed by atoms with Crippen molar-refractivity contribution in [2.45, 2.75) is 26.1 Å². The number of allylic oxidation sites excluding steroid dienone is 1. The van der Waals surface area contributed by atoms with Crippen molar-refractivity contribution < 1.29 is 9.90 Å². The SMILES string of the molecule is C#CC/C=C(\C(=O)O)[Si](C)(C)C. The van der Waals surface area contributed by atoms with Crippen LogP contribution in [0.5, 0.6) is 0 Å². The molecule has 0 aliphatic heterocycles. The van der Waals surface area contributed by atoms with Crippen molar-refractivity contribution in [3.8, 4) is 12.3 Å². The highest BCUT2D eigenvalue weighted by molar-refractivity contribution is 6.86. The second kappa shape index (κ2) is 4.12. The van der Waals surface area contributed by atoms with Crippen LogP contribution < -0.4 is 0 Å². The molecule has 0 unspecified atom stereocenters. The molecule has 0 radical (unpaired) electrons. The molecule has 1 N–H and O–H groups in total. The molecule has 0 atom stereocenters. The Bertz CT molecular complexity index is 240. The molecule has 3 heteroatoms. The van der Waals surface area contributed by atoms with Crippen molar-refractivity contribution in [1.29, 1.82) is 0 Å². The van der Waals surface area contributed by atoms with Crippen LogP contribution in [0.25, 0.3) is 0 Å². The van der Waals surface area contributed by atoms with Gasteiger partial charge in [-0.05, 0) is 0 Å². The van der Waals surface area contributed by atoms with Crippen molar-refractivity contribution in [3.05, 3.63) is 11.3 Å². The van der Waals surface area contributed by atoms with Crippen LogP contribution in [-0.2, 0) is 4.79 Å². The summed E-state index contributed by atoms with van der Waals surface area (Å²) in [7, 11) is -1.72. The fourth-order valence-electron chi connectivity index (χ4n) is 0.875. The van der Waals surface area contributed by atoms with Crippen LogP contribution in [-0.4, -0.2) is 19.1 Å². The Kier molecular flexibility index (Phi) is 3.77. The Labute approximate surface area is 74.3 Å². The normalized spacial score (nSPS) is 12.3. The van der Waals surface area contributed by atoms with Crippen molar-refractivity contribution in [1.82, 2.24) is 0 Å². The first-order valence-electron chi connectivity index (χ1n) is 3.77. The van der Waals surface area contributed by atoms with Crippen LogP contribution >= 0.6 is 0 Å². The third kappa shape index (κ3) is 3.40. The van der Waals surface area contributed by atoms with Crippen molar-refractivity contribution >= 4 is 14.0 Å². The second-order valence-electron chi connectivity index (χ2n) is 3.58. The zero-order valence-electron chi connectivity index (χ0n) is 7.72. The van der Waals surface area contributed by atoms with Gasteiger partial charge in [-0.3, -0.25) is 0 Å². The standard InChI is InChI=1S/C9H14O2Si/c1-5-6-7-8(9(10)11)12(2,3)4/h1,7H,6H2,2-4H3,(H,10,11)/b8-7+. The highest BCUT2D eigenvalue weighted by atomic mass is 28.3. The average Bonchev–Trinajstić information content (AvgIpc) is 1.84. The van der Waals surface area contributed by atoms with E-state index in [2.05, 4.69) is 5.92 Å². The number of carboxylic acid groups (broad SMARTS) is 1. The molecule has 0 aromatic carbocycles. The largest absolute Gasteiger partial charge is 0.478 e. The van der Waals surface area contributed by atoms with Gasteiger partial charge in [0.2, 0.25) is 0 Å². The van der Waals surface area contributed by atoms with Crippen LogP contribution in [0.4, 0.5) is 0 Å². The maximum atomic E-state index is 10.7. The van der Waals surface area contributed by atoms with Gasteiger partial charge in [-0.2, -0.15) is 0 Å². The van der Waals surface area contributed by atoms with Gasteiger partial charge in [0.1, 0.15) is 0 Å². The number of rotatable bonds is 3. The molecule has 0 aliphatic carbocycles.